The van der Waals surface area contributed by atoms with Crippen LogP contribution in [-0.2, 0) is 11.3 Å². The second-order valence-corrected chi connectivity index (χ2v) is 9.75. The maximum Gasteiger partial charge on any atom is 0.408 e. The molecule has 2 aromatic heterocycles. The van der Waals surface area contributed by atoms with Gasteiger partial charge in [0.1, 0.15) is 16.8 Å². The second kappa shape index (κ2) is 8.24. The molecule has 34 heavy (non-hydrogen) atoms. The second-order valence-electron chi connectivity index (χ2n) is 9.75. The van der Waals surface area contributed by atoms with Gasteiger partial charge in [-0.2, -0.15) is 0 Å². The van der Waals surface area contributed by atoms with Gasteiger partial charge in [0.2, 0.25) is 0 Å². The quantitative estimate of drug-likeness (QED) is 0.301. The van der Waals surface area contributed by atoms with Gasteiger partial charge in [-0.25, -0.2) is 4.79 Å². The Morgan fingerprint density at radius 3 is 2.56 bits per heavy atom. The molecule has 0 aliphatic carbocycles. The minimum atomic E-state index is -0.542. The number of carbonyl (C=O) groups is 1. The van der Waals surface area contributed by atoms with E-state index in [1.165, 1.54) is 0 Å². The van der Waals surface area contributed by atoms with Crippen molar-refractivity contribution < 1.29 is 13.9 Å². The Kier molecular flexibility index (Phi) is 5.35. The van der Waals surface area contributed by atoms with Crippen molar-refractivity contribution in [3.8, 4) is 11.1 Å². The Balaban J connectivity index is 1.60. The van der Waals surface area contributed by atoms with E-state index in [0.717, 1.165) is 56.1 Å². The van der Waals surface area contributed by atoms with Crippen LogP contribution in [0.15, 0.2) is 71.3 Å². The predicted octanol–water partition coefficient (Wildman–Crippen LogP) is 7.81. The van der Waals surface area contributed by atoms with Crippen molar-refractivity contribution >= 4 is 38.9 Å². The highest BCUT2D eigenvalue weighted by atomic mass is 16.6. The Bertz CT molecular complexity index is 1520. The van der Waals surface area contributed by atoms with Crippen LogP contribution < -0.4 is 5.32 Å². The van der Waals surface area contributed by atoms with Gasteiger partial charge >= 0.3 is 6.09 Å². The normalized spacial score (nSPS) is 13.0. The molecule has 5 rings (SSSR count). The molecular weight excluding hydrogens is 424 g/mol. The minimum absolute atomic E-state index is 0.206. The fraction of sp³-hybridized carbons (Fsp3) is 0.276. The van der Waals surface area contributed by atoms with Gasteiger partial charge in [-0.1, -0.05) is 42.5 Å². The minimum Gasteiger partial charge on any atom is -0.455 e. The molecule has 174 valence electrons. The molecule has 5 nitrogen and oxygen atoms in total. The Hall–Kier alpha value is -3.73. The first kappa shape index (κ1) is 22.1. The predicted molar refractivity (Wildman–Crippen MR) is 138 cm³/mol. The average molecular weight is 455 g/mol. The topological polar surface area (TPSA) is 56.4 Å². The summed E-state index contributed by atoms with van der Waals surface area (Å²) < 4.78 is 14.0. The molecule has 0 saturated carbocycles. The van der Waals surface area contributed by atoms with E-state index in [4.69, 9.17) is 9.15 Å². The number of carbonyl (C=O) groups excluding carboxylic acids is 1. The monoisotopic (exact) mass is 454 g/mol. The summed E-state index contributed by atoms with van der Waals surface area (Å²) in [6, 6.07) is 20.7. The fourth-order valence-electron chi connectivity index (χ4n) is 4.64. The largest absolute Gasteiger partial charge is 0.455 e. The number of hydrogen-bond acceptors (Lipinski definition) is 3. The number of hydrogen-bond donors (Lipinski definition) is 1. The van der Waals surface area contributed by atoms with Crippen LogP contribution in [-0.4, -0.2) is 16.3 Å². The first-order chi connectivity index (χ1) is 16.2. The number of alkyl carbamates (subject to hydrolysis) is 1. The molecule has 0 aliphatic rings. The fourth-order valence-corrected chi connectivity index (χ4v) is 4.64. The number of aryl methyl sites for hydroxylation is 1. The van der Waals surface area contributed by atoms with Crippen LogP contribution in [0.25, 0.3) is 44.0 Å². The summed E-state index contributed by atoms with van der Waals surface area (Å²) in [6.45, 7) is 10.6. The maximum atomic E-state index is 12.4. The average Bonchev–Trinajstić information content (AvgIpc) is 3.35. The van der Waals surface area contributed by atoms with E-state index in [0.29, 0.717) is 0 Å². The van der Waals surface area contributed by atoms with Gasteiger partial charge in [0.15, 0.2) is 0 Å². The molecule has 1 amide bonds. The number of nitrogens with zero attached hydrogens (tertiary/aromatic N) is 1. The lowest BCUT2D eigenvalue weighted by Gasteiger charge is -2.22. The zero-order valence-electron chi connectivity index (χ0n) is 20.3. The van der Waals surface area contributed by atoms with Crippen molar-refractivity contribution in [3.63, 3.8) is 0 Å². The van der Waals surface area contributed by atoms with Gasteiger partial charge in [-0.3, -0.25) is 0 Å². The summed E-state index contributed by atoms with van der Waals surface area (Å²) in [4.78, 5) is 12.4. The van der Waals surface area contributed by atoms with Gasteiger partial charge in [-0.05, 0) is 63.9 Å². The molecule has 2 heterocycles. The third-order valence-corrected chi connectivity index (χ3v) is 6.17. The summed E-state index contributed by atoms with van der Waals surface area (Å²) in [5.41, 5.74) is 5.56. The molecule has 5 aromatic rings. The number of nitrogens with one attached hydrogen (secondary N) is 1. The number of rotatable bonds is 4. The standard InChI is InChI=1S/C29H30N2O3/c1-6-31-17-24(18(2)30-28(32)34-29(3,4)5)23-16-19(14-15-25(23)31)20-11-9-12-22-21-10-7-8-13-26(21)33-27(20)22/h7-18H,6H2,1-5H3,(H,30,32). The third kappa shape index (κ3) is 3.92. The van der Waals surface area contributed by atoms with Crippen molar-refractivity contribution in [1.82, 2.24) is 9.88 Å². The number of para-hydroxylation sites is 2. The van der Waals surface area contributed by atoms with Crippen molar-refractivity contribution in [2.45, 2.75) is 52.8 Å². The summed E-state index contributed by atoms with van der Waals surface area (Å²) >= 11 is 0. The number of amides is 1. The molecule has 0 fully saturated rings. The molecule has 0 aliphatic heterocycles. The van der Waals surface area contributed by atoms with Crippen molar-refractivity contribution in [2.24, 2.45) is 0 Å². The SMILES string of the molecule is CCn1cc(C(C)NC(=O)OC(C)(C)C)c2cc(-c3cccc4c3oc3ccccc34)ccc21. The van der Waals surface area contributed by atoms with Crippen LogP contribution in [0, 0.1) is 0 Å². The molecule has 1 N–H and O–H groups in total. The van der Waals surface area contributed by atoms with Crippen molar-refractivity contribution in [3.05, 3.63) is 72.4 Å². The van der Waals surface area contributed by atoms with E-state index in [2.05, 4.69) is 65.5 Å². The zero-order chi connectivity index (χ0) is 24.0. The Morgan fingerprint density at radius 2 is 1.79 bits per heavy atom. The number of benzene rings is 3. The first-order valence-corrected chi connectivity index (χ1v) is 11.8. The lowest BCUT2D eigenvalue weighted by Crippen LogP contribution is -2.34. The summed E-state index contributed by atoms with van der Waals surface area (Å²) in [6.07, 6.45) is 1.71. The van der Waals surface area contributed by atoms with E-state index in [1.54, 1.807) is 0 Å². The summed E-state index contributed by atoms with van der Waals surface area (Å²) in [5.74, 6) is 0. The van der Waals surface area contributed by atoms with Crippen LogP contribution in [0.2, 0.25) is 0 Å². The van der Waals surface area contributed by atoms with Gasteiger partial charge in [0.25, 0.3) is 0 Å². The number of furan rings is 1. The Labute approximate surface area is 199 Å². The van der Waals surface area contributed by atoms with Crippen molar-refractivity contribution in [1.29, 1.82) is 0 Å². The van der Waals surface area contributed by atoms with Crippen LogP contribution in [0.3, 0.4) is 0 Å². The molecule has 0 spiro atoms. The van der Waals surface area contributed by atoms with Crippen LogP contribution in [0.4, 0.5) is 4.79 Å². The molecule has 0 bridgehead atoms. The van der Waals surface area contributed by atoms with Gasteiger partial charge in [0, 0.05) is 40.0 Å². The molecular formula is C29H30N2O3. The van der Waals surface area contributed by atoms with Gasteiger partial charge in [0.05, 0.1) is 6.04 Å². The van der Waals surface area contributed by atoms with E-state index in [1.807, 2.05) is 45.9 Å². The molecule has 0 saturated heterocycles. The molecule has 3 aromatic carbocycles. The van der Waals surface area contributed by atoms with Crippen LogP contribution in [0.5, 0.6) is 0 Å². The Morgan fingerprint density at radius 1 is 1.03 bits per heavy atom. The van der Waals surface area contributed by atoms with Crippen LogP contribution >= 0.6 is 0 Å². The highest BCUT2D eigenvalue weighted by Crippen LogP contribution is 2.38. The lowest BCUT2D eigenvalue weighted by molar-refractivity contribution is 0.0508. The highest BCUT2D eigenvalue weighted by molar-refractivity contribution is 6.10. The summed E-state index contributed by atoms with van der Waals surface area (Å²) in [5, 5.41) is 6.33. The summed E-state index contributed by atoms with van der Waals surface area (Å²) in [7, 11) is 0. The van der Waals surface area contributed by atoms with E-state index in [9.17, 15) is 4.79 Å². The van der Waals surface area contributed by atoms with Crippen molar-refractivity contribution in [2.75, 3.05) is 0 Å². The number of ether oxygens (including phenoxy) is 1. The smallest absolute Gasteiger partial charge is 0.408 e. The lowest BCUT2D eigenvalue weighted by atomic mass is 9.99. The van der Waals surface area contributed by atoms with E-state index in [-0.39, 0.29) is 6.04 Å². The molecule has 5 heteroatoms. The highest BCUT2D eigenvalue weighted by Gasteiger charge is 2.21. The number of fused-ring (bicyclic) bond motifs is 4. The first-order valence-electron chi connectivity index (χ1n) is 11.8. The van der Waals surface area contributed by atoms with E-state index < -0.39 is 11.7 Å². The van der Waals surface area contributed by atoms with E-state index >= 15 is 0 Å². The maximum absolute atomic E-state index is 12.4. The van der Waals surface area contributed by atoms with Gasteiger partial charge in [-0.15, -0.1) is 0 Å². The van der Waals surface area contributed by atoms with Gasteiger partial charge < -0.3 is 19.0 Å². The molecule has 1 atom stereocenters. The molecule has 0 radical (unpaired) electrons. The molecule has 1 unspecified atom stereocenters. The zero-order valence-corrected chi connectivity index (χ0v) is 20.3. The number of aromatic nitrogens is 1. The third-order valence-electron chi connectivity index (χ3n) is 6.17. The van der Waals surface area contributed by atoms with Crippen LogP contribution in [0.1, 0.15) is 46.2 Å².